The Morgan fingerprint density at radius 2 is 1.74 bits per heavy atom. The standard InChI is InChI=1S/C24H24F6N8O/c1-4-19(15-10-16(25)12-17(26)11-15)38(31-3)23(39)36-7-5-35(6-8-36)22-32-13-18(27)21(33-22)37-14(2)9-20(34-37)24(28,29)30/h9-13,19H,3-8H2,1-2H3/t19-/m0/s1. The van der Waals surface area contributed by atoms with E-state index in [1.807, 2.05) is 0 Å². The van der Waals surface area contributed by atoms with Gasteiger partial charge in [-0.1, -0.05) is 6.92 Å². The number of carbonyl (C=O) groups excluding carboxylic acids is 1. The number of rotatable bonds is 6. The molecule has 0 unspecified atom stereocenters. The minimum Gasteiger partial charge on any atom is -0.337 e. The van der Waals surface area contributed by atoms with Crippen molar-refractivity contribution < 1.29 is 31.1 Å². The molecule has 4 rings (SSSR count). The summed E-state index contributed by atoms with van der Waals surface area (Å²) in [4.78, 5) is 24.4. The lowest BCUT2D eigenvalue weighted by molar-refractivity contribution is -0.141. The van der Waals surface area contributed by atoms with Gasteiger partial charge in [0.05, 0.1) is 12.2 Å². The highest BCUT2D eigenvalue weighted by Crippen LogP contribution is 2.30. The molecular weight excluding hydrogens is 530 g/mol. The number of alkyl halides is 3. The lowest BCUT2D eigenvalue weighted by Crippen LogP contribution is -2.52. The van der Waals surface area contributed by atoms with Gasteiger partial charge in [0.15, 0.2) is 17.3 Å². The molecule has 0 aliphatic carbocycles. The Morgan fingerprint density at radius 3 is 2.28 bits per heavy atom. The maximum Gasteiger partial charge on any atom is 0.435 e. The molecule has 3 aromatic rings. The maximum absolute atomic E-state index is 14.5. The van der Waals surface area contributed by atoms with Crippen LogP contribution in [0.15, 0.2) is 35.6 Å². The summed E-state index contributed by atoms with van der Waals surface area (Å²) < 4.78 is 82.0. The molecule has 0 N–H and O–H groups in total. The largest absolute Gasteiger partial charge is 0.435 e. The fourth-order valence-electron chi connectivity index (χ4n) is 4.33. The zero-order valence-corrected chi connectivity index (χ0v) is 21.0. The number of aromatic nitrogens is 4. The van der Waals surface area contributed by atoms with Crippen LogP contribution in [-0.2, 0) is 6.18 Å². The number of aryl methyl sites for hydroxylation is 1. The van der Waals surface area contributed by atoms with Gasteiger partial charge in [0.2, 0.25) is 5.95 Å². The normalized spacial score (nSPS) is 14.9. The van der Waals surface area contributed by atoms with Crippen LogP contribution in [0.1, 0.15) is 36.3 Å². The number of amides is 2. The number of hydrogen-bond acceptors (Lipinski definition) is 6. The molecule has 39 heavy (non-hydrogen) atoms. The maximum atomic E-state index is 14.5. The van der Waals surface area contributed by atoms with Crippen LogP contribution in [0.4, 0.5) is 37.1 Å². The van der Waals surface area contributed by atoms with Crippen LogP contribution >= 0.6 is 0 Å². The SMILES string of the molecule is C=NN(C(=O)N1CCN(c2ncc(F)c(-n3nc(C(F)(F)F)cc3C)n2)CC1)[C@@H](CC)c1cc(F)cc(F)c1. The summed E-state index contributed by atoms with van der Waals surface area (Å²) in [6.45, 7) is 7.26. The van der Waals surface area contributed by atoms with E-state index in [0.29, 0.717) is 6.42 Å². The molecule has 0 radical (unpaired) electrons. The van der Waals surface area contributed by atoms with Crippen LogP contribution in [0.3, 0.4) is 0 Å². The summed E-state index contributed by atoms with van der Waals surface area (Å²) in [5.74, 6) is -2.93. The minimum absolute atomic E-state index is 0.0296. The minimum atomic E-state index is -4.71. The van der Waals surface area contributed by atoms with Crippen molar-refractivity contribution in [3.05, 3.63) is 64.9 Å². The summed E-state index contributed by atoms with van der Waals surface area (Å²) in [6, 6.07) is 2.47. The Kier molecular flexibility index (Phi) is 7.79. The number of carbonyl (C=O) groups is 1. The average molecular weight is 554 g/mol. The van der Waals surface area contributed by atoms with E-state index in [1.54, 1.807) is 11.8 Å². The van der Waals surface area contributed by atoms with Gasteiger partial charge in [-0.25, -0.2) is 32.6 Å². The zero-order chi connectivity index (χ0) is 28.5. The Hall–Kier alpha value is -4.17. The first-order valence-electron chi connectivity index (χ1n) is 11.9. The van der Waals surface area contributed by atoms with Gasteiger partial charge in [-0.2, -0.15) is 28.4 Å². The van der Waals surface area contributed by atoms with E-state index < -0.39 is 47.2 Å². The Morgan fingerprint density at radius 1 is 1.10 bits per heavy atom. The molecule has 1 saturated heterocycles. The summed E-state index contributed by atoms with van der Waals surface area (Å²) in [6.07, 6.45) is -3.56. The molecule has 2 aromatic heterocycles. The lowest BCUT2D eigenvalue weighted by Gasteiger charge is -2.38. The van der Waals surface area contributed by atoms with Gasteiger partial charge in [-0.15, -0.1) is 0 Å². The molecule has 1 fully saturated rings. The van der Waals surface area contributed by atoms with Crippen molar-refractivity contribution in [2.24, 2.45) is 5.10 Å². The van der Waals surface area contributed by atoms with E-state index in [9.17, 15) is 31.1 Å². The van der Waals surface area contributed by atoms with E-state index >= 15 is 0 Å². The molecule has 15 heteroatoms. The Labute approximate surface area is 219 Å². The van der Waals surface area contributed by atoms with Crippen LogP contribution in [-0.4, -0.2) is 68.6 Å². The van der Waals surface area contributed by atoms with E-state index in [0.717, 1.165) is 40.2 Å². The number of nitrogens with zero attached hydrogens (tertiary/aromatic N) is 8. The molecule has 208 valence electrons. The topological polar surface area (TPSA) is 82.8 Å². The fraction of sp³-hybridized carbons (Fsp3) is 0.375. The smallest absolute Gasteiger partial charge is 0.337 e. The van der Waals surface area contributed by atoms with Gasteiger partial charge in [0.1, 0.15) is 11.6 Å². The van der Waals surface area contributed by atoms with Crippen LogP contribution in [0, 0.1) is 24.4 Å². The first kappa shape index (κ1) is 27.9. The van der Waals surface area contributed by atoms with Gasteiger partial charge in [-0.05, 0) is 37.1 Å². The van der Waals surface area contributed by atoms with Gasteiger partial charge >= 0.3 is 12.2 Å². The van der Waals surface area contributed by atoms with Crippen molar-refractivity contribution in [2.45, 2.75) is 32.5 Å². The number of urea groups is 1. The fourth-order valence-corrected chi connectivity index (χ4v) is 4.33. The number of benzene rings is 1. The highest BCUT2D eigenvalue weighted by molar-refractivity contribution is 5.75. The van der Waals surface area contributed by atoms with Crippen molar-refractivity contribution in [3.8, 4) is 5.82 Å². The first-order chi connectivity index (χ1) is 18.4. The Balaban J connectivity index is 1.49. The molecule has 1 aromatic carbocycles. The zero-order valence-electron chi connectivity index (χ0n) is 21.0. The number of hydrazone groups is 1. The summed E-state index contributed by atoms with van der Waals surface area (Å²) in [5, 5.41) is 8.32. The second kappa shape index (κ2) is 10.9. The van der Waals surface area contributed by atoms with Crippen molar-refractivity contribution in [3.63, 3.8) is 0 Å². The average Bonchev–Trinajstić information content (AvgIpc) is 3.28. The Bertz CT molecular complexity index is 1350. The lowest BCUT2D eigenvalue weighted by atomic mass is 10.0. The number of piperazine rings is 1. The molecule has 1 aliphatic heterocycles. The van der Waals surface area contributed by atoms with E-state index in [4.69, 9.17) is 0 Å². The third-order valence-electron chi connectivity index (χ3n) is 6.22. The first-order valence-corrected chi connectivity index (χ1v) is 11.9. The highest BCUT2D eigenvalue weighted by atomic mass is 19.4. The van der Waals surface area contributed by atoms with E-state index in [-0.39, 0.29) is 43.4 Å². The molecule has 2 amide bonds. The molecule has 3 heterocycles. The van der Waals surface area contributed by atoms with E-state index in [2.05, 4.69) is 26.9 Å². The van der Waals surface area contributed by atoms with Gasteiger partial charge in [-0.3, -0.25) is 0 Å². The summed E-state index contributed by atoms with van der Waals surface area (Å²) in [7, 11) is 0. The predicted octanol–water partition coefficient (Wildman–Crippen LogP) is 4.72. The molecule has 1 atom stereocenters. The van der Waals surface area contributed by atoms with Gasteiger partial charge in [0, 0.05) is 44.7 Å². The van der Waals surface area contributed by atoms with Crippen LogP contribution in [0.2, 0.25) is 0 Å². The van der Waals surface area contributed by atoms with Crippen LogP contribution < -0.4 is 4.90 Å². The third kappa shape index (κ3) is 5.81. The molecule has 0 bridgehead atoms. The summed E-state index contributed by atoms with van der Waals surface area (Å²) in [5.41, 5.74) is -0.926. The second-order valence-electron chi connectivity index (χ2n) is 8.79. The van der Waals surface area contributed by atoms with Crippen molar-refractivity contribution in [2.75, 3.05) is 31.1 Å². The molecule has 0 spiro atoms. The number of hydrogen-bond donors (Lipinski definition) is 0. The number of anilines is 1. The molecule has 1 aliphatic rings. The van der Waals surface area contributed by atoms with Crippen molar-refractivity contribution in [1.29, 1.82) is 0 Å². The molecule has 9 nitrogen and oxygen atoms in total. The highest BCUT2D eigenvalue weighted by Gasteiger charge is 2.35. The van der Waals surface area contributed by atoms with E-state index in [1.165, 1.54) is 11.8 Å². The van der Waals surface area contributed by atoms with Crippen LogP contribution in [0.5, 0.6) is 0 Å². The molecule has 0 saturated carbocycles. The quantitative estimate of drug-likeness (QED) is 0.250. The summed E-state index contributed by atoms with van der Waals surface area (Å²) >= 11 is 0. The van der Waals surface area contributed by atoms with Gasteiger partial charge < -0.3 is 9.80 Å². The molecular formula is C24H24F6N8O. The van der Waals surface area contributed by atoms with Gasteiger partial charge in [0.25, 0.3) is 0 Å². The van der Waals surface area contributed by atoms with Crippen molar-refractivity contribution >= 4 is 18.7 Å². The van der Waals surface area contributed by atoms with Crippen molar-refractivity contribution in [1.82, 2.24) is 29.7 Å². The van der Waals surface area contributed by atoms with Crippen LogP contribution in [0.25, 0.3) is 5.82 Å². The second-order valence-corrected chi connectivity index (χ2v) is 8.79. The monoisotopic (exact) mass is 554 g/mol. The predicted molar refractivity (Wildman–Crippen MR) is 129 cm³/mol. The number of halogens is 6. The third-order valence-corrected chi connectivity index (χ3v) is 6.22.